The third-order valence-corrected chi connectivity index (χ3v) is 2.82. The number of ether oxygens (including phenoxy) is 1. The number of nitrogens with one attached hydrogen (secondary N) is 1. The van der Waals surface area contributed by atoms with Crippen molar-refractivity contribution in [3.8, 4) is 0 Å². The number of rotatable bonds is 7. The van der Waals surface area contributed by atoms with Gasteiger partial charge in [-0.2, -0.15) is 0 Å². The van der Waals surface area contributed by atoms with Crippen molar-refractivity contribution in [3.05, 3.63) is 39.4 Å². The molecule has 0 bridgehead atoms. The molecule has 1 atom stereocenters. The number of halogens is 2. The van der Waals surface area contributed by atoms with E-state index in [1.165, 1.54) is 19.2 Å². The normalized spacial score (nSPS) is 12.7. The van der Waals surface area contributed by atoms with E-state index in [9.17, 15) is 18.9 Å². The minimum atomic E-state index is -2.74. The minimum Gasteiger partial charge on any atom is -0.383 e. The molecule has 0 aliphatic heterocycles. The fourth-order valence-electron chi connectivity index (χ4n) is 1.80. The van der Waals surface area contributed by atoms with Gasteiger partial charge < -0.3 is 10.1 Å². The molecule has 5 nitrogen and oxygen atoms in total. The average molecular weight is 274 g/mol. The fourth-order valence-corrected chi connectivity index (χ4v) is 1.80. The summed E-state index contributed by atoms with van der Waals surface area (Å²) < 4.78 is 30.8. The molecule has 0 fully saturated rings. The van der Waals surface area contributed by atoms with Crippen LogP contribution in [0.1, 0.15) is 17.6 Å². The highest BCUT2D eigenvalue weighted by molar-refractivity contribution is 5.41. The number of likely N-dealkylation sites (N-methyl/N-ethyl adjacent to an activating group) is 1. The Morgan fingerprint density at radius 3 is 2.63 bits per heavy atom. The maximum absolute atomic E-state index is 12.9. The Hall–Kier alpha value is -1.60. The Morgan fingerprint density at radius 1 is 1.47 bits per heavy atom. The second-order valence-corrected chi connectivity index (χ2v) is 4.09. The van der Waals surface area contributed by atoms with Gasteiger partial charge in [-0.3, -0.25) is 10.1 Å². The molecular formula is C12H16F2N2O3. The summed E-state index contributed by atoms with van der Waals surface area (Å²) in [4.78, 5) is 9.92. The number of benzene rings is 1. The lowest BCUT2D eigenvalue weighted by Crippen LogP contribution is -2.32. The van der Waals surface area contributed by atoms with Gasteiger partial charge in [0.2, 0.25) is 0 Å². The second-order valence-electron chi connectivity index (χ2n) is 4.09. The number of hydrogen-bond acceptors (Lipinski definition) is 4. The molecule has 1 aromatic rings. The first kappa shape index (κ1) is 15.5. The van der Waals surface area contributed by atoms with Crippen LogP contribution in [0.2, 0.25) is 0 Å². The smallest absolute Gasteiger partial charge is 0.269 e. The molecule has 0 spiro atoms. The van der Waals surface area contributed by atoms with Gasteiger partial charge in [-0.1, -0.05) is 6.07 Å². The lowest BCUT2D eigenvalue weighted by Gasteiger charge is -2.17. The van der Waals surface area contributed by atoms with Crippen molar-refractivity contribution in [2.75, 3.05) is 20.8 Å². The summed E-state index contributed by atoms with van der Waals surface area (Å²) in [6.07, 6.45) is -2.42. The van der Waals surface area contributed by atoms with E-state index < -0.39 is 11.3 Å². The number of nitro benzene ring substituents is 1. The van der Waals surface area contributed by atoms with Crippen molar-refractivity contribution in [2.24, 2.45) is 0 Å². The highest BCUT2D eigenvalue weighted by atomic mass is 19.3. The third-order valence-electron chi connectivity index (χ3n) is 2.82. The lowest BCUT2D eigenvalue weighted by atomic mass is 10.00. The van der Waals surface area contributed by atoms with Gasteiger partial charge in [-0.25, -0.2) is 8.78 Å². The van der Waals surface area contributed by atoms with Crippen LogP contribution in [0.15, 0.2) is 18.2 Å². The number of alkyl halides is 2. The summed E-state index contributed by atoms with van der Waals surface area (Å²) in [6.45, 7) is 0.371. The molecule has 1 N–H and O–H groups in total. The fraction of sp³-hybridized carbons (Fsp3) is 0.500. The minimum absolute atomic E-state index is 0.121. The van der Waals surface area contributed by atoms with Gasteiger partial charge in [0.25, 0.3) is 12.1 Å². The van der Waals surface area contributed by atoms with E-state index in [-0.39, 0.29) is 17.3 Å². The molecule has 0 aliphatic rings. The zero-order chi connectivity index (χ0) is 14.4. The lowest BCUT2D eigenvalue weighted by molar-refractivity contribution is -0.385. The van der Waals surface area contributed by atoms with Gasteiger partial charge in [0, 0.05) is 30.8 Å². The van der Waals surface area contributed by atoms with Gasteiger partial charge in [0.1, 0.15) is 0 Å². The zero-order valence-corrected chi connectivity index (χ0v) is 10.7. The van der Waals surface area contributed by atoms with Crippen LogP contribution >= 0.6 is 0 Å². The number of nitro groups is 1. The van der Waals surface area contributed by atoms with Crippen LogP contribution in [0.3, 0.4) is 0 Å². The van der Waals surface area contributed by atoms with Crippen LogP contribution in [0.25, 0.3) is 0 Å². The Kier molecular flexibility index (Phi) is 5.78. The molecule has 0 radical (unpaired) electrons. The summed E-state index contributed by atoms with van der Waals surface area (Å²) in [6, 6.07) is 3.42. The quantitative estimate of drug-likeness (QED) is 0.612. The van der Waals surface area contributed by atoms with Crippen molar-refractivity contribution in [2.45, 2.75) is 18.9 Å². The molecule has 19 heavy (non-hydrogen) atoms. The largest absolute Gasteiger partial charge is 0.383 e. The van der Waals surface area contributed by atoms with Crippen molar-refractivity contribution < 1.29 is 18.4 Å². The van der Waals surface area contributed by atoms with Gasteiger partial charge in [-0.15, -0.1) is 0 Å². The van der Waals surface area contributed by atoms with E-state index >= 15 is 0 Å². The van der Waals surface area contributed by atoms with Crippen LogP contribution < -0.4 is 5.32 Å². The summed E-state index contributed by atoms with van der Waals surface area (Å²) in [5, 5.41) is 13.5. The van der Waals surface area contributed by atoms with Gasteiger partial charge in [-0.05, 0) is 19.0 Å². The Labute approximate surface area is 109 Å². The van der Waals surface area contributed by atoms with Gasteiger partial charge in [0.15, 0.2) is 0 Å². The molecule has 7 heteroatoms. The van der Waals surface area contributed by atoms with E-state index in [1.807, 2.05) is 0 Å². The molecule has 0 saturated heterocycles. The number of non-ortho nitro benzene ring substituents is 1. The van der Waals surface area contributed by atoms with E-state index in [2.05, 4.69) is 5.32 Å². The average Bonchev–Trinajstić information content (AvgIpc) is 2.37. The Bertz CT molecular complexity index is 441. The van der Waals surface area contributed by atoms with Crippen LogP contribution in [0, 0.1) is 10.1 Å². The SMILES string of the molecule is CNC(COC)Cc1ccc([N+](=O)[O-])cc1C(F)F. The van der Waals surface area contributed by atoms with Crippen LogP contribution in [0.4, 0.5) is 14.5 Å². The predicted molar refractivity (Wildman–Crippen MR) is 66.5 cm³/mol. The van der Waals surface area contributed by atoms with Gasteiger partial charge >= 0.3 is 0 Å². The number of hydrogen-bond donors (Lipinski definition) is 1. The Morgan fingerprint density at radius 2 is 2.16 bits per heavy atom. The predicted octanol–water partition coefficient (Wildman–Crippen LogP) is 2.31. The second kappa shape index (κ2) is 7.10. The molecule has 1 rings (SSSR count). The molecule has 0 aromatic heterocycles. The molecule has 106 valence electrons. The molecule has 0 saturated carbocycles. The summed E-state index contributed by atoms with van der Waals surface area (Å²) >= 11 is 0. The van der Waals surface area contributed by atoms with E-state index in [0.29, 0.717) is 18.6 Å². The maximum atomic E-state index is 12.9. The first-order valence-electron chi connectivity index (χ1n) is 5.71. The van der Waals surface area contributed by atoms with Crippen LogP contribution in [-0.2, 0) is 11.2 Å². The standard InChI is InChI=1S/C12H16F2N2O3/c1-15-9(7-19-2)5-8-3-4-10(16(17)18)6-11(8)12(13)14/h3-4,6,9,12,15H,5,7H2,1-2H3. The first-order chi connectivity index (χ1) is 8.99. The van der Waals surface area contributed by atoms with Crippen molar-refractivity contribution >= 4 is 5.69 Å². The van der Waals surface area contributed by atoms with Crippen molar-refractivity contribution in [1.29, 1.82) is 0 Å². The van der Waals surface area contributed by atoms with Crippen LogP contribution in [0.5, 0.6) is 0 Å². The topological polar surface area (TPSA) is 64.4 Å². The Balaban J connectivity index is 3.02. The molecular weight excluding hydrogens is 258 g/mol. The summed E-state index contributed by atoms with van der Waals surface area (Å²) in [5.41, 5.74) is -0.241. The molecule has 1 unspecified atom stereocenters. The summed E-state index contributed by atoms with van der Waals surface area (Å²) in [7, 11) is 3.23. The third kappa shape index (κ3) is 4.22. The molecule has 1 aromatic carbocycles. The molecule has 0 amide bonds. The first-order valence-corrected chi connectivity index (χ1v) is 5.71. The van der Waals surface area contributed by atoms with Crippen molar-refractivity contribution in [3.63, 3.8) is 0 Å². The van der Waals surface area contributed by atoms with Crippen LogP contribution in [-0.4, -0.2) is 31.7 Å². The summed E-state index contributed by atoms with van der Waals surface area (Å²) in [5.74, 6) is 0. The highest BCUT2D eigenvalue weighted by Crippen LogP contribution is 2.28. The highest BCUT2D eigenvalue weighted by Gasteiger charge is 2.19. The maximum Gasteiger partial charge on any atom is 0.269 e. The van der Waals surface area contributed by atoms with E-state index in [1.54, 1.807) is 7.05 Å². The van der Waals surface area contributed by atoms with Crippen molar-refractivity contribution in [1.82, 2.24) is 5.32 Å². The monoisotopic (exact) mass is 274 g/mol. The van der Waals surface area contributed by atoms with E-state index in [4.69, 9.17) is 4.74 Å². The zero-order valence-electron chi connectivity index (χ0n) is 10.7. The number of nitrogens with zero attached hydrogens (tertiary/aromatic N) is 1. The molecule has 0 aliphatic carbocycles. The van der Waals surface area contributed by atoms with Gasteiger partial charge in [0.05, 0.1) is 11.5 Å². The van der Waals surface area contributed by atoms with E-state index in [0.717, 1.165) is 6.07 Å². The number of methoxy groups -OCH3 is 1. The molecule has 0 heterocycles.